The predicted octanol–water partition coefficient (Wildman–Crippen LogP) is 3.18. The first kappa shape index (κ1) is 21.5. The first-order valence-corrected chi connectivity index (χ1v) is 10.7. The SMILES string of the molecule is CCOC1OC(=O)CC1C1(C(C)C)CC(=O)N(CCc2c[nH]c3ccc(F)cc23)C1=O. The number of cyclic esters (lactones) is 1. The van der Waals surface area contributed by atoms with Gasteiger partial charge in [-0.15, -0.1) is 0 Å². The number of aromatic nitrogens is 1. The number of H-pyrrole nitrogens is 1. The van der Waals surface area contributed by atoms with E-state index in [4.69, 9.17) is 9.47 Å². The zero-order chi connectivity index (χ0) is 22.3. The average molecular weight is 430 g/mol. The van der Waals surface area contributed by atoms with Crippen LogP contribution in [0.1, 0.15) is 39.2 Å². The second kappa shape index (κ2) is 8.07. The maximum absolute atomic E-state index is 13.7. The van der Waals surface area contributed by atoms with Crippen LogP contribution in [0.25, 0.3) is 10.9 Å². The van der Waals surface area contributed by atoms with Gasteiger partial charge in [0.1, 0.15) is 5.82 Å². The van der Waals surface area contributed by atoms with Crippen LogP contribution in [0.5, 0.6) is 0 Å². The minimum absolute atomic E-state index is 0.0247. The van der Waals surface area contributed by atoms with E-state index in [9.17, 15) is 18.8 Å². The Bertz CT molecular complexity index is 1030. The molecule has 8 heteroatoms. The third-order valence-electron chi connectivity index (χ3n) is 6.71. The first-order chi connectivity index (χ1) is 14.8. The van der Waals surface area contributed by atoms with Crippen LogP contribution in [0.15, 0.2) is 24.4 Å². The van der Waals surface area contributed by atoms with Crippen LogP contribution < -0.4 is 0 Å². The molecule has 0 radical (unpaired) electrons. The quantitative estimate of drug-likeness (QED) is 0.538. The van der Waals surface area contributed by atoms with Gasteiger partial charge in [0.25, 0.3) is 0 Å². The van der Waals surface area contributed by atoms with Gasteiger partial charge in [-0.05, 0) is 43.0 Å². The molecule has 1 N–H and O–H groups in total. The summed E-state index contributed by atoms with van der Waals surface area (Å²) in [4.78, 5) is 43.0. The summed E-state index contributed by atoms with van der Waals surface area (Å²) in [5, 5.41) is 0.736. The molecule has 4 rings (SSSR count). The number of imide groups is 1. The van der Waals surface area contributed by atoms with Crippen LogP contribution in [-0.2, 0) is 30.3 Å². The van der Waals surface area contributed by atoms with Gasteiger partial charge >= 0.3 is 5.97 Å². The van der Waals surface area contributed by atoms with E-state index < -0.39 is 23.6 Å². The Morgan fingerprint density at radius 2 is 2.10 bits per heavy atom. The van der Waals surface area contributed by atoms with Gasteiger partial charge in [-0.25, -0.2) is 4.39 Å². The highest BCUT2D eigenvalue weighted by atomic mass is 19.1. The lowest BCUT2D eigenvalue weighted by molar-refractivity contribution is -0.178. The zero-order valence-corrected chi connectivity index (χ0v) is 17.9. The van der Waals surface area contributed by atoms with E-state index in [1.165, 1.54) is 17.0 Å². The molecule has 0 bridgehead atoms. The molecule has 0 spiro atoms. The molecule has 0 saturated carbocycles. The van der Waals surface area contributed by atoms with Crippen LogP contribution in [0.4, 0.5) is 4.39 Å². The van der Waals surface area contributed by atoms with Gasteiger partial charge in [0.15, 0.2) is 0 Å². The van der Waals surface area contributed by atoms with Crippen molar-refractivity contribution in [2.24, 2.45) is 17.3 Å². The Kier molecular flexibility index (Phi) is 5.60. The molecule has 2 saturated heterocycles. The van der Waals surface area contributed by atoms with E-state index >= 15 is 0 Å². The fraction of sp³-hybridized carbons (Fsp3) is 0.522. The maximum atomic E-state index is 13.7. The van der Waals surface area contributed by atoms with E-state index in [0.29, 0.717) is 13.0 Å². The van der Waals surface area contributed by atoms with E-state index in [0.717, 1.165) is 16.5 Å². The fourth-order valence-corrected chi connectivity index (χ4v) is 5.05. The number of nitrogens with one attached hydrogen (secondary N) is 1. The second-order valence-corrected chi connectivity index (χ2v) is 8.60. The van der Waals surface area contributed by atoms with Crippen LogP contribution in [0.2, 0.25) is 0 Å². The summed E-state index contributed by atoms with van der Waals surface area (Å²) in [5.74, 6) is -2.00. The number of ether oxygens (including phenoxy) is 2. The molecule has 2 aliphatic rings. The minimum Gasteiger partial charge on any atom is -0.435 e. The number of carbonyl (C=O) groups excluding carboxylic acids is 3. The predicted molar refractivity (Wildman–Crippen MR) is 110 cm³/mol. The molecule has 3 heterocycles. The topological polar surface area (TPSA) is 88.7 Å². The minimum atomic E-state index is -1.05. The molecule has 1 aromatic carbocycles. The number of amides is 2. The van der Waals surface area contributed by atoms with Gasteiger partial charge in [0, 0.05) is 42.6 Å². The third kappa shape index (κ3) is 3.52. The molecule has 31 heavy (non-hydrogen) atoms. The van der Waals surface area contributed by atoms with Gasteiger partial charge in [0.05, 0.1) is 11.8 Å². The molecule has 0 aliphatic carbocycles. The van der Waals surface area contributed by atoms with Gasteiger partial charge in [-0.2, -0.15) is 0 Å². The van der Waals surface area contributed by atoms with Crippen molar-refractivity contribution in [3.05, 3.63) is 35.8 Å². The summed E-state index contributed by atoms with van der Waals surface area (Å²) in [6.45, 7) is 6.11. The van der Waals surface area contributed by atoms with Crippen molar-refractivity contribution in [1.29, 1.82) is 0 Å². The van der Waals surface area contributed by atoms with Crippen molar-refractivity contribution in [3.63, 3.8) is 0 Å². The number of benzene rings is 1. The van der Waals surface area contributed by atoms with Gasteiger partial charge < -0.3 is 14.5 Å². The number of aromatic amines is 1. The molecule has 1 aromatic heterocycles. The van der Waals surface area contributed by atoms with Crippen molar-refractivity contribution in [3.8, 4) is 0 Å². The number of nitrogens with zero attached hydrogens (tertiary/aromatic N) is 1. The lowest BCUT2D eigenvalue weighted by Gasteiger charge is -2.37. The number of rotatable bonds is 7. The fourth-order valence-electron chi connectivity index (χ4n) is 5.05. The number of hydrogen-bond acceptors (Lipinski definition) is 5. The molecule has 2 aromatic rings. The summed E-state index contributed by atoms with van der Waals surface area (Å²) in [5.41, 5.74) is 0.590. The Balaban J connectivity index is 1.59. The van der Waals surface area contributed by atoms with Crippen LogP contribution in [0.3, 0.4) is 0 Å². The van der Waals surface area contributed by atoms with Gasteiger partial charge in [-0.3, -0.25) is 19.3 Å². The molecular weight excluding hydrogens is 403 g/mol. The summed E-state index contributed by atoms with van der Waals surface area (Å²) in [6, 6.07) is 4.49. The normalized spacial score (nSPS) is 26.5. The zero-order valence-electron chi connectivity index (χ0n) is 17.9. The van der Waals surface area contributed by atoms with E-state index in [-0.39, 0.29) is 42.9 Å². The van der Waals surface area contributed by atoms with Crippen LogP contribution in [0, 0.1) is 23.1 Å². The summed E-state index contributed by atoms with van der Waals surface area (Å²) in [6.07, 6.45) is 1.44. The highest BCUT2D eigenvalue weighted by Gasteiger charge is 2.62. The Morgan fingerprint density at radius 3 is 2.81 bits per heavy atom. The molecular formula is C23H27FN2O5. The second-order valence-electron chi connectivity index (χ2n) is 8.60. The average Bonchev–Trinajstić information content (AvgIpc) is 3.35. The Hall–Kier alpha value is -2.74. The van der Waals surface area contributed by atoms with Crippen molar-refractivity contribution < 1.29 is 28.2 Å². The molecule has 166 valence electrons. The first-order valence-electron chi connectivity index (χ1n) is 10.7. The van der Waals surface area contributed by atoms with Crippen molar-refractivity contribution >= 4 is 28.7 Å². The number of halogens is 1. The van der Waals surface area contributed by atoms with Gasteiger partial charge in [0.2, 0.25) is 18.1 Å². The number of esters is 1. The molecule has 2 amide bonds. The smallest absolute Gasteiger partial charge is 0.308 e. The summed E-state index contributed by atoms with van der Waals surface area (Å²) in [7, 11) is 0. The van der Waals surface area contributed by atoms with E-state index in [1.54, 1.807) is 19.2 Å². The monoisotopic (exact) mass is 430 g/mol. The highest BCUT2D eigenvalue weighted by molar-refractivity contribution is 6.06. The molecule has 2 aliphatic heterocycles. The lowest BCUT2D eigenvalue weighted by Crippen LogP contribution is -2.47. The molecule has 3 atom stereocenters. The summed E-state index contributed by atoms with van der Waals surface area (Å²) >= 11 is 0. The van der Waals surface area contributed by atoms with Crippen molar-refractivity contribution in [2.75, 3.05) is 13.2 Å². The standard InChI is InChI=1S/C23H27FN2O5/c1-4-30-21-17(10-20(28)31-21)23(13(2)3)11-19(27)26(22(23)29)8-7-14-12-25-18-6-5-15(24)9-16(14)18/h5-6,9,12-13,17,21,25H,4,7-8,10-11H2,1-3H3. The number of hydrogen-bond donors (Lipinski definition) is 1. The van der Waals surface area contributed by atoms with E-state index in [1.807, 2.05) is 13.8 Å². The maximum Gasteiger partial charge on any atom is 0.308 e. The summed E-state index contributed by atoms with van der Waals surface area (Å²) < 4.78 is 24.6. The third-order valence-corrected chi connectivity index (χ3v) is 6.71. The number of fused-ring (bicyclic) bond motifs is 1. The Morgan fingerprint density at radius 1 is 1.32 bits per heavy atom. The van der Waals surface area contributed by atoms with Crippen molar-refractivity contribution in [2.45, 2.75) is 46.3 Å². The molecule has 3 unspecified atom stereocenters. The van der Waals surface area contributed by atoms with Crippen molar-refractivity contribution in [1.82, 2.24) is 9.88 Å². The number of likely N-dealkylation sites (tertiary alicyclic amines) is 1. The molecule has 7 nitrogen and oxygen atoms in total. The molecule has 2 fully saturated rings. The van der Waals surface area contributed by atoms with Crippen LogP contribution >= 0.6 is 0 Å². The lowest BCUT2D eigenvalue weighted by atomic mass is 9.65. The van der Waals surface area contributed by atoms with Crippen LogP contribution in [-0.4, -0.2) is 47.1 Å². The van der Waals surface area contributed by atoms with Gasteiger partial charge in [-0.1, -0.05) is 13.8 Å². The Labute approximate surface area is 179 Å². The largest absolute Gasteiger partial charge is 0.435 e. The highest BCUT2D eigenvalue weighted by Crippen LogP contribution is 2.51. The number of carbonyl (C=O) groups is 3. The van der Waals surface area contributed by atoms with E-state index in [2.05, 4.69) is 4.98 Å².